The molecule has 138 valence electrons. The van der Waals surface area contributed by atoms with Crippen molar-refractivity contribution in [3.8, 4) is 0 Å². The molecule has 0 spiro atoms. The first kappa shape index (κ1) is 18.5. The Hall–Kier alpha value is -3.28. The highest BCUT2D eigenvalue weighted by molar-refractivity contribution is 5.92. The summed E-state index contributed by atoms with van der Waals surface area (Å²) in [5, 5.41) is 13.9. The van der Waals surface area contributed by atoms with Crippen molar-refractivity contribution in [3.05, 3.63) is 83.3 Å². The molecule has 3 aromatic rings. The topological polar surface area (TPSA) is 66.9 Å². The van der Waals surface area contributed by atoms with Gasteiger partial charge in [-0.15, -0.1) is 10.2 Å². The number of hydrogen-bond acceptors (Lipinski definition) is 4. The molecule has 0 radical (unpaired) electrons. The van der Waals surface area contributed by atoms with E-state index < -0.39 is 0 Å². The molecule has 1 heterocycles. The number of carbonyl (C=O) groups is 1. The molecule has 1 aromatic heterocycles. The first-order valence-corrected chi connectivity index (χ1v) is 8.87. The fraction of sp³-hybridized carbons (Fsp3) is 0.190. The molecule has 0 aliphatic carbocycles. The molecule has 0 aliphatic heterocycles. The van der Waals surface area contributed by atoms with E-state index in [9.17, 15) is 9.18 Å². The van der Waals surface area contributed by atoms with E-state index in [-0.39, 0.29) is 17.4 Å². The maximum atomic E-state index is 13.6. The summed E-state index contributed by atoms with van der Waals surface area (Å²) in [6.07, 6.45) is 1.40. The largest absolute Gasteiger partial charge is 0.350 e. The van der Waals surface area contributed by atoms with Gasteiger partial charge in [-0.05, 0) is 54.3 Å². The zero-order valence-corrected chi connectivity index (χ0v) is 15.1. The molecule has 0 atom stereocenters. The molecule has 5 nitrogen and oxygen atoms in total. The highest BCUT2D eigenvalue weighted by Gasteiger charge is 2.09. The first-order valence-electron chi connectivity index (χ1n) is 8.87. The number of nitrogens with one attached hydrogen (secondary N) is 2. The minimum absolute atomic E-state index is 0.218. The molecule has 1 amide bonds. The smallest absolute Gasteiger partial charge is 0.271 e. The average Bonchev–Trinajstić information content (AvgIpc) is 2.70. The van der Waals surface area contributed by atoms with Crippen molar-refractivity contribution >= 4 is 17.4 Å². The fourth-order valence-corrected chi connectivity index (χ4v) is 2.59. The SMILES string of the molecule is CCc1ccc(Nc2ccc(C(=O)NCCc3ccccc3F)nn2)cc1. The second-order valence-corrected chi connectivity index (χ2v) is 6.08. The Kier molecular flexibility index (Phi) is 6.10. The van der Waals surface area contributed by atoms with Crippen LogP contribution < -0.4 is 10.6 Å². The van der Waals surface area contributed by atoms with Crippen LogP contribution in [0.2, 0.25) is 0 Å². The Morgan fingerprint density at radius 3 is 2.44 bits per heavy atom. The van der Waals surface area contributed by atoms with Gasteiger partial charge >= 0.3 is 0 Å². The molecular formula is C21H21FN4O. The number of aryl methyl sites for hydroxylation is 1. The van der Waals surface area contributed by atoms with Crippen molar-refractivity contribution in [1.82, 2.24) is 15.5 Å². The highest BCUT2D eigenvalue weighted by Crippen LogP contribution is 2.15. The number of rotatable bonds is 7. The summed E-state index contributed by atoms with van der Waals surface area (Å²) >= 11 is 0. The zero-order valence-electron chi connectivity index (χ0n) is 15.1. The molecule has 2 N–H and O–H groups in total. The van der Waals surface area contributed by atoms with Crippen LogP contribution in [-0.4, -0.2) is 22.6 Å². The standard InChI is InChI=1S/C21H21FN4O/c1-2-15-7-9-17(10-8-15)24-20-12-11-19(25-26-20)21(27)23-14-13-16-5-3-4-6-18(16)22/h3-12H,2,13-14H2,1H3,(H,23,27)(H,24,26). The maximum absolute atomic E-state index is 13.6. The third kappa shape index (κ3) is 5.10. The number of hydrogen-bond donors (Lipinski definition) is 2. The molecule has 3 rings (SSSR count). The van der Waals surface area contributed by atoms with Gasteiger partial charge in [-0.2, -0.15) is 0 Å². The molecule has 0 bridgehead atoms. The Morgan fingerprint density at radius 1 is 1.00 bits per heavy atom. The summed E-state index contributed by atoms with van der Waals surface area (Å²) in [7, 11) is 0. The van der Waals surface area contributed by atoms with E-state index in [1.54, 1.807) is 30.3 Å². The molecular weight excluding hydrogens is 343 g/mol. The van der Waals surface area contributed by atoms with E-state index in [1.165, 1.54) is 11.6 Å². The molecule has 0 aliphatic rings. The van der Waals surface area contributed by atoms with Crippen molar-refractivity contribution < 1.29 is 9.18 Å². The minimum Gasteiger partial charge on any atom is -0.350 e. The third-order valence-electron chi connectivity index (χ3n) is 4.17. The van der Waals surface area contributed by atoms with Crippen molar-refractivity contribution in [2.45, 2.75) is 19.8 Å². The highest BCUT2D eigenvalue weighted by atomic mass is 19.1. The van der Waals surface area contributed by atoms with Gasteiger partial charge < -0.3 is 10.6 Å². The lowest BCUT2D eigenvalue weighted by molar-refractivity contribution is 0.0948. The Labute approximate surface area is 157 Å². The predicted molar refractivity (Wildman–Crippen MR) is 104 cm³/mol. The average molecular weight is 364 g/mol. The fourth-order valence-electron chi connectivity index (χ4n) is 2.59. The minimum atomic E-state index is -0.335. The second-order valence-electron chi connectivity index (χ2n) is 6.08. The number of halogens is 1. The number of aromatic nitrogens is 2. The van der Waals surface area contributed by atoms with Crippen LogP contribution in [0.3, 0.4) is 0 Å². The number of benzene rings is 2. The van der Waals surface area contributed by atoms with Gasteiger partial charge in [0, 0.05) is 12.2 Å². The maximum Gasteiger partial charge on any atom is 0.271 e. The van der Waals surface area contributed by atoms with Gasteiger partial charge in [-0.25, -0.2) is 4.39 Å². The van der Waals surface area contributed by atoms with E-state index in [2.05, 4.69) is 27.8 Å². The van der Waals surface area contributed by atoms with Gasteiger partial charge in [0.05, 0.1) is 0 Å². The van der Waals surface area contributed by atoms with Crippen molar-refractivity contribution in [3.63, 3.8) is 0 Å². The van der Waals surface area contributed by atoms with Crippen LogP contribution in [0.25, 0.3) is 0 Å². The van der Waals surface area contributed by atoms with Gasteiger partial charge in [-0.1, -0.05) is 37.3 Å². The quantitative estimate of drug-likeness (QED) is 0.667. The summed E-state index contributed by atoms with van der Waals surface area (Å²) < 4.78 is 13.6. The molecule has 0 unspecified atom stereocenters. The van der Waals surface area contributed by atoms with Gasteiger partial charge in [-0.3, -0.25) is 4.79 Å². The lowest BCUT2D eigenvalue weighted by Crippen LogP contribution is -2.27. The van der Waals surface area contributed by atoms with Crippen LogP contribution in [-0.2, 0) is 12.8 Å². The zero-order chi connectivity index (χ0) is 19.1. The first-order chi connectivity index (χ1) is 13.2. The van der Waals surface area contributed by atoms with E-state index in [0.29, 0.717) is 24.3 Å². The molecule has 6 heteroatoms. The van der Waals surface area contributed by atoms with Crippen LogP contribution in [0.15, 0.2) is 60.7 Å². The number of amides is 1. The van der Waals surface area contributed by atoms with Crippen LogP contribution in [0.4, 0.5) is 15.9 Å². The number of anilines is 2. The summed E-state index contributed by atoms with van der Waals surface area (Å²) in [6.45, 7) is 2.43. The summed E-state index contributed by atoms with van der Waals surface area (Å²) in [6, 6.07) is 17.9. The Bertz CT molecular complexity index is 895. The second kappa shape index (κ2) is 8.89. The van der Waals surface area contributed by atoms with Gasteiger partial charge in [0.25, 0.3) is 5.91 Å². The Morgan fingerprint density at radius 2 is 1.78 bits per heavy atom. The van der Waals surface area contributed by atoms with Crippen LogP contribution in [0, 0.1) is 5.82 Å². The van der Waals surface area contributed by atoms with E-state index in [1.807, 2.05) is 24.3 Å². The summed E-state index contributed by atoms with van der Waals surface area (Å²) in [5.41, 5.74) is 2.95. The van der Waals surface area contributed by atoms with Crippen molar-refractivity contribution in [2.24, 2.45) is 0 Å². The van der Waals surface area contributed by atoms with Crippen LogP contribution in [0.5, 0.6) is 0 Å². The number of nitrogens with zero attached hydrogens (tertiary/aromatic N) is 2. The van der Waals surface area contributed by atoms with Crippen LogP contribution in [0.1, 0.15) is 28.5 Å². The van der Waals surface area contributed by atoms with Crippen LogP contribution >= 0.6 is 0 Å². The van der Waals surface area contributed by atoms with E-state index >= 15 is 0 Å². The lowest BCUT2D eigenvalue weighted by atomic mass is 10.1. The van der Waals surface area contributed by atoms with Gasteiger partial charge in [0.15, 0.2) is 11.5 Å². The summed E-state index contributed by atoms with van der Waals surface area (Å²) in [5.74, 6) is -0.0474. The monoisotopic (exact) mass is 364 g/mol. The molecule has 0 saturated carbocycles. The summed E-state index contributed by atoms with van der Waals surface area (Å²) in [4.78, 5) is 12.1. The normalized spacial score (nSPS) is 10.4. The Balaban J connectivity index is 1.53. The molecule has 0 fully saturated rings. The van der Waals surface area contributed by atoms with Crippen molar-refractivity contribution in [2.75, 3.05) is 11.9 Å². The molecule has 2 aromatic carbocycles. The third-order valence-corrected chi connectivity index (χ3v) is 4.17. The van der Waals surface area contributed by atoms with E-state index in [0.717, 1.165) is 12.1 Å². The van der Waals surface area contributed by atoms with Crippen molar-refractivity contribution in [1.29, 1.82) is 0 Å². The molecule has 0 saturated heterocycles. The number of carbonyl (C=O) groups excluding carboxylic acids is 1. The van der Waals surface area contributed by atoms with Gasteiger partial charge in [0.2, 0.25) is 0 Å². The van der Waals surface area contributed by atoms with E-state index in [4.69, 9.17) is 0 Å². The predicted octanol–water partition coefficient (Wildman–Crippen LogP) is 3.89. The lowest BCUT2D eigenvalue weighted by Gasteiger charge is -2.07. The molecule has 27 heavy (non-hydrogen) atoms. The van der Waals surface area contributed by atoms with Gasteiger partial charge in [0.1, 0.15) is 5.82 Å².